The van der Waals surface area contributed by atoms with Crippen LogP contribution in [0.4, 0.5) is 0 Å². The topological polar surface area (TPSA) is 63.4 Å². The van der Waals surface area contributed by atoms with E-state index in [4.69, 9.17) is 5.73 Å². The van der Waals surface area contributed by atoms with Crippen molar-refractivity contribution in [2.24, 2.45) is 11.7 Å². The fourth-order valence-electron chi connectivity index (χ4n) is 1.90. The number of hydrogen-bond donors (Lipinski definition) is 1. The maximum atomic E-state index is 12.0. The normalized spacial score (nSPS) is 20.3. The Morgan fingerprint density at radius 3 is 2.40 bits per heavy atom. The van der Waals surface area contributed by atoms with Gasteiger partial charge < -0.3 is 5.73 Å². The van der Waals surface area contributed by atoms with E-state index in [-0.39, 0.29) is 6.54 Å². The van der Waals surface area contributed by atoms with E-state index in [1.807, 2.05) is 6.92 Å². The molecule has 0 amide bonds. The number of nitrogens with zero attached hydrogens (tertiary/aromatic N) is 1. The summed E-state index contributed by atoms with van der Waals surface area (Å²) in [6, 6.07) is 0. The van der Waals surface area contributed by atoms with E-state index in [0.29, 0.717) is 18.9 Å². The smallest absolute Gasteiger partial charge is 0.217 e. The zero-order valence-corrected chi connectivity index (χ0v) is 10.5. The SMILES string of the molecule is CCC(CN)S(=O)(=O)N(C)CC1CCC1. The highest BCUT2D eigenvalue weighted by molar-refractivity contribution is 7.89. The molecule has 0 saturated heterocycles. The first-order valence-corrected chi connectivity index (χ1v) is 7.17. The molecule has 0 spiro atoms. The first kappa shape index (κ1) is 12.9. The summed E-state index contributed by atoms with van der Waals surface area (Å²) in [6.45, 7) is 2.75. The van der Waals surface area contributed by atoms with Crippen LogP contribution in [0.5, 0.6) is 0 Å². The maximum Gasteiger partial charge on any atom is 0.217 e. The minimum atomic E-state index is -3.16. The van der Waals surface area contributed by atoms with E-state index < -0.39 is 15.3 Å². The van der Waals surface area contributed by atoms with Crippen LogP contribution in [0.15, 0.2) is 0 Å². The van der Waals surface area contributed by atoms with Crippen molar-refractivity contribution in [1.29, 1.82) is 0 Å². The Balaban J connectivity index is 2.58. The summed E-state index contributed by atoms with van der Waals surface area (Å²) in [6.07, 6.45) is 4.17. The van der Waals surface area contributed by atoms with Crippen LogP contribution in [0.1, 0.15) is 32.6 Å². The van der Waals surface area contributed by atoms with Gasteiger partial charge in [0.15, 0.2) is 0 Å². The third kappa shape index (κ3) is 2.92. The van der Waals surface area contributed by atoms with Gasteiger partial charge in [-0.25, -0.2) is 12.7 Å². The van der Waals surface area contributed by atoms with Gasteiger partial charge in [0, 0.05) is 20.1 Å². The molecule has 0 radical (unpaired) electrons. The second-order valence-corrected chi connectivity index (χ2v) is 6.71. The molecule has 2 N–H and O–H groups in total. The van der Waals surface area contributed by atoms with Gasteiger partial charge in [-0.1, -0.05) is 13.3 Å². The summed E-state index contributed by atoms with van der Waals surface area (Å²) < 4.78 is 25.5. The number of hydrogen-bond acceptors (Lipinski definition) is 3. The summed E-state index contributed by atoms with van der Waals surface area (Å²) in [5, 5.41) is -0.414. The highest BCUT2D eigenvalue weighted by atomic mass is 32.2. The molecule has 90 valence electrons. The lowest BCUT2D eigenvalue weighted by Crippen LogP contribution is -2.42. The molecule has 1 atom stereocenters. The summed E-state index contributed by atoms with van der Waals surface area (Å²) in [5.74, 6) is 0.569. The Labute approximate surface area is 92.9 Å². The maximum absolute atomic E-state index is 12.0. The predicted octanol–water partition coefficient (Wildman–Crippen LogP) is 0.785. The molecule has 1 aliphatic rings. The van der Waals surface area contributed by atoms with Crippen molar-refractivity contribution in [3.8, 4) is 0 Å². The molecule has 4 nitrogen and oxygen atoms in total. The van der Waals surface area contributed by atoms with Crippen LogP contribution >= 0.6 is 0 Å². The molecule has 0 aromatic heterocycles. The minimum absolute atomic E-state index is 0.216. The number of nitrogens with two attached hydrogens (primary N) is 1. The molecule has 0 aromatic rings. The van der Waals surface area contributed by atoms with E-state index in [1.54, 1.807) is 7.05 Å². The fraction of sp³-hybridized carbons (Fsp3) is 1.00. The molecule has 5 heteroatoms. The first-order valence-electron chi connectivity index (χ1n) is 5.67. The van der Waals surface area contributed by atoms with Crippen molar-refractivity contribution in [1.82, 2.24) is 4.31 Å². The first-order chi connectivity index (χ1) is 7.02. The minimum Gasteiger partial charge on any atom is -0.329 e. The van der Waals surface area contributed by atoms with Gasteiger partial charge in [-0.05, 0) is 25.2 Å². The Morgan fingerprint density at radius 2 is 2.07 bits per heavy atom. The lowest BCUT2D eigenvalue weighted by Gasteiger charge is -2.31. The van der Waals surface area contributed by atoms with Crippen molar-refractivity contribution in [3.63, 3.8) is 0 Å². The van der Waals surface area contributed by atoms with Gasteiger partial charge in [-0.2, -0.15) is 0 Å². The molecule has 0 heterocycles. The zero-order chi connectivity index (χ0) is 11.5. The molecule has 1 aliphatic carbocycles. The van der Waals surface area contributed by atoms with Gasteiger partial charge in [-0.15, -0.1) is 0 Å². The van der Waals surface area contributed by atoms with Gasteiger partial charge in [0.25, 0.3) is 0 Å². The third-order valence-electron chi connectivity index (χ3n) is 3.31. The second-order valence-electron chi connectivity index (χ2n) is 4.39. The predicted molar refractivity (Wildman–Crippen MR) is 62.0 cm³/mol. The molecular weight excluding hydrogens is 212 g/mol. The average molecular weight is 234 g/mol. The lowest BCUT2D eigenvalue weighted by atomic mass is 9.86. The van der Waals surface area contributed by atoms with Crippen LogP contribution in [0.2, 0.25) is 0 Å². The molecule has 1 unspecified atom stereocenters. The van der Waals surface area contributed by atoms with Crippen LogP contribution < -0.4 is 5.73 Å². The van der Waals surface area contributed by atoms with E-state index in [1.165, 1.54) is 23.6 Å². The highest BCUT2D eigenvalue weighted by Gasteiger charge is 2.30. The average Bonchev–Trinajstić information content (AvgIpc) is 2.12. The van der Waals surface area contributed by atoms with Crippen molar-refractivity contribution in [3.05, 3.63) is 0 Å². The van der Waals surface area contributed by atoms with Crippen molar-refractivity contribution >= 4 is 10.0 Å². The van der Waals surface area contributed by atoms with Gasteiger partial charge in [0.2, 0.25) is 10.0 Å². The molecule has 1 rings (SSSR count). The Kier molecular flexibility index (Phi) is 4.55. The zero-order valence-electron chi connectivity index (χ0n) is 9.65. The fourth-order valence-corrected chi connectivity index (χ4v) is 3.49. The van der Waals surface area contributed by atoms with Gasteiger partial charge in [0.1, 0.15) is 0 Å². The highest BCUT2D eigenvalue weighted by Crippen LogP contribution is 2.28. The van der Waals surface area contributed by atoms with E-state index >= 15 is 0 Å². The van der Waals surface area contributed by atoms with Crippen LogP contribution in [-0.4, -0.2) is 38.1 Å². The number of sulfonamides is 1. The van der Waals surface area contributed by atoms with Gasteiger partial charge >= 0.3 is 0 Å². The van der Waals surface area contributed by atoms with Crippen molar-refractivity contribution in [2.45, 2.75) is 37.9 Å². The van der Waals surface area contributed by atoms with Crippen LogP contribution in [0.25, 0.3) is 0 Å². The summed E-state index contributed by atoms with van der Waals surface area (Å²) >= 11 is 0. The Hall–Kier alpha value is -0.130. The molecular formula is C10H22N2O2S. The largest absolute Gasteiger partial charge is 0.329 e. The third-order valence-corrected chi connectivity index (χ3v) is 5.70. The quantitative estimate of drug-likeness (QED) is 0.739. The van der Waals surface area contributed by atoms with Crippen LogP contribution in [-0.2, 0) is 10.0 Å². The molecule has 0 aromatic carbocycles. The second kappa shape index (κ2) is 5.27. The monoisotopic (exact) mass is 234 g/mol. The lowest BCUT2D eigenvalue weighted by molar-refractivity contribution is 0.261. The van der Waals surface area contributed by atoms with Crippen molar-refractivity contribution < 1.29 is 8.42 Å². The molecule has 0 bridgehead atoms. The Bertz CT molecular complexity index is 282. The van der Waals surface area contributed by atoms with E-state index in [9.17, 15) is 8.42 Å². The number of rotatable bonds is 6. The standard InChI is InChI=1S/C10H22N2O2S/c1-3-10(7-11)15(13,14)12(2)8-9-5-4-6-9/h9-10H,3-8,11H2,1-2H3. The molecule has 15 heavy (non-hydrogen) atoms. The molecule has 0 aliphatic heterocycles. The van der Waals surface area contributed by atoms with Gasteiger partial charge in [0.05, 0.1) is 5.25 Å². The summed E-state index contributed by atoms with van der Waals surface area (Å²) in [5.41, 5.74) is 5.48. The summed E-state index contributed by atoms with van der Waals surface area (Å²) in [4.78, 5) is 0. The molecule has 1 saturated carbocycles. The molecule has 1 fully saturated rings. The van der Waals surface area contributed by atoms with E-state index in [2.05, 4.69) is 0 Å². The summed E-state index contributed by atoms with van der Waals surface area (Å²) in [7, 11) is -1.49. The Morgan fingerprint density at radius 1 is 1.47 bits per heavy atom. The van der Waals surface area contributed by atoms with Crippen LogP contribution in [0.3, 0.4) is 0 Å². The van der Waals surface area contributed by atoms with Gasteiger partial charge in [-0.3, -0.25) is 0 Å². The van der Waals surface area contributed by atoms with Crippen molar-refractivity contribution in [2.75, 3.05) is 20.1 Å². The van der Waals surface area contributed by atoms with E-state index in [0.717, 1.165) is 0 Å². The van der Waals surface area contributed by atoms with Crippen LogP contribution in [0, 0.1) is 5.92 Å².